The van der Waals surface area contributed by atoms with Crippen molar-refractivity contribution in [3.63, 3.8) is 0 Å². The second-order valence-corrected chi connectivity index (χ2v) is 3.82. The molecule has 0 atom stereocenters. The smallest absolute Gasteiger partial charge is 0.0635 e. The van der Waals surface area contributed by atoms with E-state index in [1.165, 1.54) is 25.7 Å². The summed E-state index contributed by atoms with van der Waals surface area (Å²) in [5, 5.41) is 11.8. The SMILES string of the molecule is CC1CCC(NCCC#N)CC1. The van der Waals surface area contributed by atoms with Crippen LogP contribution in [0, 0.1) is 17.2 Å². The van der Waals surface area contributed by atoms with Crippen LogP contribution in [0.1, 0.15) is 39.0 Å². The Morgan fingerprint density at radius 2 is 2.00 bits per heavy atom. The fraction of sp³-hybridized carbons (Fsp3) is 0.900. The van der Waals surface area contributed by atoms with E-state index >= 15 is 0 Å². The van der Waals surface area contributed by atoms with E-state index in [2.05, 4.69) is 18.3 Å². The molecule has 1 N–H and O–H groups in total. The van der Waals surface area contributed by atoms with Crippen molar-refractivity contribution in [3.05, 3.63) is 0 Å². The molecule has 0 saturated heterocycles. The molecule has 1 rings (SSSR count). The third-order valence-electron chi connectivity index (χ3n) is 2.69. The zero-order chi connectivity index (χ0) is 8.81. The number of nitrogens with one attached hydrogen (secondary N) is 1. The predicted molar refractivity (Wildman–Crippen MR) is 49.7 cm³/mol. The zero-order valence-electron chi connectivity index (χ0n) is 7.84. The molecular formula is C10H18N2. The summed E-state index contributed by atoms with van der Waals surface area (Å²) in [4.78, 5) is 0. The molecule has 0 aliphatic heterocycles. The molecule has 0 bridgehead atoms. The molecule has 0 aromatic carbocycles. The maximum absolute atomic E-state index is 8.35. The van der Waals surface area contributed by atoms with Gasteiger partial charge in [0, 0.05) is 19.0 Å². The molecule has 1 aliphatic carbocycles. The fourth-order valence-corrected chi connectivity index (χ4v) is 1.80. The van der Waals surface area contributed by atoms with E-state index in [-0.39, 0.29) is 0 Å². The van der Waals surface area contributed by atoms with E-state index in [4.69, 9.17) is 5.26 Å². The van der Waals surface area contributed by atoms with Crippen molar-refractivity contribution >= 4 is 0 Å². The van der Waals surface area contributed by atoms with E-state index in [0.717, 1.165) is 12.5 Å². The van der Waals surface area contributed by atoms with Crippen molar-refractivity contribution in [1.82, 2.24) is 5.32 Å². The largest absolute Gasteiger partial charge is 0.313 e. The Kier molecular flexibility index (Phi) is 4.10. The van der Waals surface area contributed by atoms with Crippen molar-refractivity contribution in [2.75, 3.05) is 6.54 Å². The predicted octanol–water partition coefficient (Wildman–Crippen LogP) is 2.07. The number of rotatable bonds is 3. The summed E-state index contributed by atoms with van der Waals surface area (Å²) in [7, 11) is 0. The molecule has 0 spiro atoms. The molecule has 0 unspecified atom stereocenters. The summed E-state index contributed by atoms with van der Waals surface area (Å²) >= 11 is 0. The second-order valence-electron chi connectivity index (χ2n) is 3.82. The molecular weight excluding hydrogens is 148 g/mol. The maximum Gasteiger partial charge on any atom is 0.0635 e. The van der Waals surface area contributed by atoms with Crippen LogP contribution in [0.15, 0.2) is 0 Å². The average molecular weight is 166 g/mol. The molecule has 1 fully saturated rings. The average Bonchev–Trinajstić information content (AvgIpc) is 2.09. The van der Waals surface area contributed by atoms with Crippen molar-refractivity contribution in [1.29, 1.82) is 5.26 Å². The topological polar surface area (TPSA) is 35.8 Å². The summed E-state index contributed by atoms with van der Waals surface area (Å²) in [5.41, 5.74) is 0. The van der Waals surface area contributed by atoms with Crippen LogP contribution in [0.3, 0.4) is 0 Å². The first-order valence-electron chi connectivity index (χ1n) is 4.93. The Morgan fingerprint density at radius 1 is 1.33 bits per heavy atom. The highest BCUT2D eigenvalue weighted by atomic mass is 14.9. The lowest BCUT2D eigenvalue weighted by molar-refractivity contribution is 0.309. The van der Waals surface area contributed by atoms with Gasteiger partial charge in [-0.1, -0.05) is 6.92 Å². The number of hydrogen-bond acceptors (Lipinski definition) is 2. The molecule has 2 nitrogen and oxygen atoms in total. The van der Waals surface area contributed by atoms with E-state index in [0.29, 0.717) is 12.5 Å². The third kappa shape index (κ3) is 3.23. The summed E-state index contributed by atoms with van der Waals surface area (Å²) in [5.74, 6) is 0.916. The van der Waals surface area contributed by atoms with Crippen LogP contribution in [0.2, 0.25) is 0 Å². The van der Waals surface area contributed by atoms with Crippen molar-refractivity contribution < 1.29 is 0 Å². The second kappa shape index (κ2) is 5.16. The monoisotopic (exact) mass is 166 g/mol. The maximum atomic E-state index is 8.35. The molecule has 0 aromatic rings. The number of nitriles is 1. The molecule has 68 valence electrons. The minimum atomic E-state index is 0.645. The minimum absolute atomic E-state index is 0.645. The van der Waals surface area contributed by atoms with Gasteiger partial charge in [-0.3, -0.25) is 0 Å². The molecule has 0 heterocycles. The first-order chi connectivity index (χ1) is 5.83. The van der Waals surface area contributed by atoms with Gasteiger partial charge in [0.25, 0.3) is 0 Å². The van der Waals surface area contributed by atoms with Crippen LogP contribution < -0.4 is 5.32 Å². The van der Waals surface area contributed by atoms with Crippen LogP contribution >= 0.6 is 0 Å². The van der Waals surface area contributed by atoms with Crippen molar-refractivity contribution in [2.45, 2.75) is 45.1 Å². The molecule has 0 aromatic heterocycles. The first kappa shape index (κ1) is 9.54. The Balaban J connectivity index is 2.06. The van der Waals surface area contributed by atoms with Gasteiger partial charge in [0.15, 0.2) is 0 Å². The van der Waals surface area contributed by atoms with Crippen LogP contribution in [0.25, 0.3) is 0 Å². The van der Waals surface area contributed by atoms with Crippen LogP contribution in [-0.2, 0) is 0 Å². The third-order valence-corrected chi connectivity index (χ3v) is 2.69. The van der Waals surface area contributed by atoms with Gasteiger partial charge in [-0.05, 0) is 31.6 Å². The lowest BCUT2D eigenvalue weighted by Crippen LogP contribution is -2.33. The van der Waals surface area contributed by atoms with Crippen LogP contribution in [0.4, 0.5) is 0 Å². The van der Waals surface area contributed by atoms with E-state index < -0.39 is 0 Å². The van der Waals surface area contributed by atoms with Gasteiger partial charge in [-0.2, -0.15) is 5.26 Å². The summed E-state index contributed by atoms with van der Waals surface area (Å²) in [6, 6.07) is 2.84. The van der Waals surface area contributed by atoms with E-state index in [1.807, 2.05) is 0 Å². The number of hydrogen-bond donors (Lipinski definition) is 1. The quantitative estimate of drug-likeness (QED) is 0.651. The lowest BCUT2D eigenvalue weighted by atomic mass is 9.87. The molecule has 0 amide bonds. The Morgan fingerprint density at radius 3 is 2.58 bits per heavy atom. The summed E-state index contributed by atoms with van der Waals surface area (Å²) < 4.78 is 0. The van der Waals surface area contributed by atoms with E-state index in [1.54, 1.807) is 0 Å². The fourth-order valence-electron chi connectivity index (χ4n) is 1.80. The van der Waals surface area contributed by atoms with Crippen LogP contribution in [-0.4, -0.2) is 12.6 Å². The van der Waals surface area contributed by atoms with Crippen LogP contribution in [0.5, 0.6) is 0 Å². The Labute approximate surface area is 75.0 Å². The van der Waals surface area contributed by atoms with Gasteiger partial charge in [-0.25, -0.2) is 0 Å². The van der Waals surface area contributed by atoms with Crippen molar-refractivity contribution in [3.8, 4) is 6.07 Å². The highest BCUT2D eigenvalue weighted by molar-refractivity contribution is 4.77. The molecule has 1 saturated carbocycles. The van der Waals surface area contributed by atoms with Crippen molar-refractivity contribution in [2.24, 2.45) is 5.92 Å². The molecule has 0 radical (unpaired) electrons. The van der Waals surface area contributed by atoms with E-state index in [9.17, 15) is 0 Å². The van der Waals surface area contributed by atoms with Gasteiger partial charge in [0.1, 0.15) is 0 Å². The molecule has 2 heteroatoms. The zero-order valence-corrected chi connectivity index (χ0v) is 7.84. The highest BCUT2D eigenvalue weighted by Crippen LogP contribution is 2.23. The number of nitrogens with zero attached hydrogens (tertiary/aromatic N) is 1. The first-order valence-corrected chi connectivity index (χ1v) is 4.93. The highest BCUT2D eigenvalue weighted by Gasteiger charge is 2.16. The standard InChI is InChI=1S/C10H18N2/c1-9-3-5-10(6-4-9)12-8-2-7-11/h9-10,12H,2-6,8H2,1H3. The van der Waals surface area contributed by atoms with Gasteiger partial charge < -0.3 is 5.32 Å². The van der Waals surface area contributed by atoms with Gasteiger partial charge in [-0.15, -0.1) is 0 Å². The van der Waals surface area contributed by atoms with Gasteiger partial charge >= 0.3 is 0 Å². The lowest BCUT2D eigenvalue weighted by Gasteiger charge is -2.26. The minimum Gasteiger partial charge on any atom is -0.313 e. The summed E-state index contributed by atoms with van der Waals surface area (Å²) in [6.07, 6.45) is 5.94. The molecule has 1 aliphatic rings. The van der Waals surface area contributed by atoms with Gasteiger partial charge in [0.05, 0.1) is 6.07 Å². The Bertz CT molecular complexity index is 152. The Hall–Kier alpha value is -0.550. The van der Waals surface area contributed by atoms with Gasteiger partial charge in [0.2, 0.25) is 0 Å². The molecule has 12 heavy (non-hydrogen) atoms. The summed E-state index contributed by atoms with van der Waals surface area (Å²) in [6.45, 7) is 3.20. The normalized spacial score (nSPS) is 29.7.